The number of primary amides is 1. The smallest absolute Gasteiger partial charge is 0.312 e. The summed E-state index contributed by atoms with van der Waals surface area (Å²) in [6, 6.07) is 10.5. The molecule has 2 rings (SSSR count). The largest absolute Gasteiger partial charge is 0.352 e. The van der Waals surface area contributed by atoms with Crippen LogP contribution in [0.2, 0.25) is 0 Å². The van der Waals surface area contributed by atoms with E-state index >= 15 is 0 Å². The van der Waals surface area contributed by atoms with E-state index in [1.807, 2.05) is 41.8 Å². The third-order valence-corrected chi connectivity index (χ3v) is 4.42. The van der Waals surface area contributed by atoms with Gasteiger partial charge in [-0.3, -0.25) is 4.79 Å². The number of urea groups is 1. The molecule has 0 aliphatic rings. The Morgan fingerprint density at radius 3 is 2.61 bits per heavy atom. The highest BCUT2D eigenvalue weighted by molar-refractivity contribution is 7.10. The van der Waals surface area contributed by atoms with Gasteiger partial charge in [0.2, 0.25) is 5.91 Å². The zero-order valence-corrected chi connectivity index (χ0v) is 14.0. The molecule has 1 aromatic heterocycles. The molecule has 4 N–H and O–H groups in total. The highest BCUT2D eigenvalue weighted by Gasteiger charge is 2.18. The van der Waals surface area contributed by atoms with Crippen LogP contribution in [-0.4, -0.2) is 11.9 Å². The standard InChI is InChI=1S/C17H21N3O2S/c1-11(2)12-5-3-6-13(9-12)19-16(21)10-14(20-17(18)22)15-7-4-8-23-15/h3-9,11,14H,10H2,1-2H3,(H,19,21)(H3,18,20,22). The van der Waals surface area contributed by atoms with Crippen LogP contribution < -0.4 is 16.4 Å². The molecule has 122 valence electrons. The van der Waals surface area contributed by atoms with E-state index < -0.39 is 12.1 Å². The number of anilines is 1. The second-order valence-corrected chi connectivity index (χ2v) is 6.59. The van der Waals surface area contributed by atoms with Crippen LogP contribution in [0.4, 0.5) is 10.5 Å². The van der Waals surface area contributed by atoms with Crippen LogP contribution in [0.15, 0.2) is 41.8 Å². The minimum absolute atomic E-state index is 0.134. The van der Waals surface area contributed by atoms with Gasteiger partial charge in [0.25, 0.3) is 0 Å². The summed E-state index contributed by atoms with van der Waals surface area (Å²) in [5.41, 5.74) is 7.12. The quantitative estimate of drug-likeness (QED) is 0.755. The van der Waals surface area contributed by atoms with Gasteiger partial charge in [0, 0.05) is 10.6 Å². The van der Waals surface area contributed by atoms with Crippen LogP contribution in [0.25, 0.3) is 0 Å². The maximum atomic E-state index is 12.3. The lowest BCUT2D eigenvalue weighted by atomic mass is 10.0. The van der Waals surface area contributed by atoms with Crippen LogP contribution in [0, 0.1) is 0 Å². The van der Waals surface area contributed by atoms with E-state index in [1.54, 1.807) is 0 Å². The fraction of sp³-hybridized carbons (Fsp3) is 0.294. The molecule has 0 radical (unpaired) electrons. The SMILES string of the molecule is CC(C)c1cccc(NC(=O)CC(NC(N)=O)c2cccs2)c1. The summed E-state index contributed by atoms with van der Waals surface area (Å²) in [5.74, 6) is 0.223. The second-order valence-electron chi connectivity index (χ2n) is 5.61. The summed E-state index contributed by atoms with van der Waals surface area (Å²) in [7, 11) is 0. The lowest BCUT2D eigenvalue weighted by Gasteiger charge is -2.16. The van der Waals surface area contributed by atoms with Gasteiger partial charge in [0.1, 0.15) is 0 Å². The summed E-state index contributed by atoms with van der Waals surface area (Å²) in [6.07, 6.45) is 0.134. The van der Waals surface area contributed by atoms with Crippen molar-refractivity contribution in [3.63, 3.8) is 0 Å². The van der Waals surface area contributed by atoms with E-state index in [0.29, 0.717) is 5.92 Å². The van der Waals surface area contributed by atoms with E-state index in [-0.39, 0.29) is 12.3 Å². The van der Waals surface area contributed by atoms with Crippen molar-refractivity contribution < 1.29 is 9.59 Å². The molecule has 1 aromatic carbocycles. The first-order chi connectivity index (χ1) is 11.0. The molecular weight excluding hydrogens is 310 g/mol. The lowest BCUT2D eigenvalue weighted by Crippen LogP contribution is -2.34. The minimum atomic E-state index is -0.641. The number of benzene rings is 1. The summed E-state index contributed by atoms with van der Waals surface area (Å²) in [4.78, 5) is 24.3. The topological polar surface area (TPSA) is 84.2 Å². The monoisotopic (exact) mass is 331 g/mol. The van der Waals surface area contributed by atoms with Crippen molar-refractivity contribution in [3.8, 4) is 0 Å². The Morgan fingerprint density at radius 2 is 2.00 bits per heavy atom. The molecule has 3 amide bonds. The molecule has 0 saturated heterocycles. The number of thiophene rings is 1. The van der Waals surface area contributed by atoms with Gasteiger partial charge in [0.15, 0.2) is 0 Å². The van der Waals surface area contributed by atoms with E-state index in [9.17, 15) is 9.59 Å². The first-order valence-corrected chi connectivity index (χ1v) is 8.33. The van der Waals surface area contributed by atoms with Crippen molar-refractivity contribution >= 4 is 29.0 Å². The van der Waals surface area contributed by atoms with E-state index in [0.717, 1.165) is 16.1 Å². The van der Waals surface area contributed by atoms with Crippen LogP contribution in [0.3, 0.4) is 0 Å². The summed E-state index contributed by atoms with van der Waals surface area (Å²) >= 11 is 1.48. The molecule has 23 heavy (non-hydrogen) atoms. The molecule has 0 aliphatic carbocycles. The number of amides is 3. The molecule has 0 bridgehead atoms. The molecule has 1 atom stereocenters. The molecule has 2 aromatic rings. The van der Waals surface area contributed by atoms with Crippen LogP contribution in [0.1, 0.15) is 42.7 Å². The highest BCUT2D eigenvalue weighted by Crippen LogP contribution is 2.23. The van der Waals surface area contributed by atoms with Crippen molar-refractivity contribution in [1.29, 1.82) is 0 Å². The van der Waals surface area contributed by atoms with Gasteiger partial charge in [0.05, 0.1) is 12.5 Å². The minimum Gasteiger partial charge on any atom is -0.352 e. The highest BCUT2D eigenvalue weighted by atomic mass is 32.1. The lowest BCUT2D eigenvalue weighted by molar-refractivity contribution is -0.116. The number of nitrogens with one attached hydrogen (secondary N) is 2. The molecule has 1 unspecified atom stereocenters. The Hall–Kier alpha value is -2.34. The zero-order valence-electron chi connectivity index (χ0n) is 13.2. The number of hydrogen-bond donors (Lipinski definition) is 3. The molecule has 0 fully saturated rings. The molecule has 5 nitrogen and oxygen atoms in total. The molecule has 0 aliphatic heterocycles. The van der Waals surface area contributed by atoms with Crippen molar-refractivity contribution in [2.45, 2.75) is 32.2 Å². The van der Waals surface area contributed by atoms with Crippen LogP contribution >= 0.6 is 11.3 Å². The summed E-state index contributed by atoms with van der Waals surface area (Å²) < 4.78 is 0. The first kappa shape index (κ1) is 17.0. The molecule has 0 saturated carbocycles. The normalized spacial score (nSPS) is 12.0. The van der Waals surface area contributed by atoms with Crippen molar-refractivity contribution in [2.24, 2.45) is 5.73 Å². The molecular formula is C17H21N3O2S. The molecule has 1 heterocycles. The van der Waals surface area contributed by atoms with Gasteiger partial charge in [-0.15, -0.1) is 11.3 Å². The predicted molar refractivity (Wildman–Crippen MR) is 93.6 cm³/mol. The van der Waals surface area contributed by atoms with E-state index in [4.69, 9.17) is 5.73 Å². The first-order valence-electron chi connectivity index (χ1n) is 7.45. The number of nitrogens with two attached hydrogens (primary N) is 1. The van der Waals surface area contributed by atoms with Gasteiger partial charge >= 0.3 is 6.03 Å². The number of carbonyl (C=O) groups excluding carboxylic acids is 2. The number of carbonyl (C=O) groups is 2. The fourth-order valence-corrected chi connectivity index (χ4v) is 3.03. The van der Waals surface area contributed by atoms with Crippen molar-refractivity contribution in [2.75, 3.05) is 5.32 Å². The Balaban J connectivity index is 2.04. The average Bonchev–Trinajstić information content (AvgIpc) is 3.00. The van der Waals surface area contributed by atoms with E-state index in [2.05, 4.69) is 24.5 Å². The Kier molecular flexibility index (Phi) is 5.76. The second kappa shape index (κ2) is 7.78. The van der Waals surface area contributed by atoms with Gasteiger partial charge in [-0.1, -0.05) is 32.0 Å². The van der Waals surface area contributed by atoms with Crippen molar-refractivity contribution in [1.82, 2.24) is 5.32 Å². The number of hydrogen-bond acceptors (Lipinski definition) is 3. The van der Waals surface area contributed by atoms with Crippen molar-refractivity contribution in [3.05, 3.63) is 52.2 Å². The third kappa shape index (κ3) is 5.10. The average molecular weight is 331 g/mol. The van der Waals surface area contributed by atoms with E-state index in [1.165, 1.54) is 11.3 Å². The molecule has 6 heteroatoms. The maximum absolute atomic E-state index is 12.3. The summed E-state index contributed by atoms with van der Waals surface area (Å²) in [5, 5.41) is 7.39. The van der Waals surface area contributed by atoms with Gasteiger partial charge in [-0.05, 0) is 35.1 Å². The fourth-order valence-electron chi connectivity index (χ4n) is 2.26. The predicted octanol–water partition coefficient (Wildman–Crippen LogP) is 3.61. The van der Waals surface area contributed by atoms with Gasteiger partial charge in [-0.2, -0.15) is 0 Å². The van der Waals surface area contributed by atoms with Crippen LogP contribution in [-0.2, 0) is 4.79 Å². The number of rotatable bonds is 6. The maximum Gasteiger partial charge on any atom is 0.312 e. The van der Waals surface area contributed by atoms with Crippen LogP contribution in [0.5, 0.6) is 0 Å². The Morgan fingerprint density at radius 1 is 1.22 bits per heavy atom. The zero-order chi connectivity index (χ0) is 16.8. The third-order valence-electron chi connectivity index (χ3n) is 3.43. The van der Waals surface area contributed by atoms with Gasteiger partial charge < -0.3 is 16.4 Å². The Labute approximate surface area is 139 Å². The summed E-state index contributed by atoms with van der Waals surface area (Å²) in [6.45, 7) is 4.20. The van der Waals surface area contributed by atoms with Gasteiger partial charge in [-0.25, -0.2) is 4.79 Å². The Bertz CT molecular complexity index is 668. The molecule has 0 spiro atoms.